The van der Waals surface area contributed by atoms with Gasteiger partial charge in [0.05, 0.1) is 29.0 Å². The molecule has 1 aromatic heterocycles. The molecule has 4 rings (SSSR count). The summed E-state index contributed by atoms with van der Waals surface area (Å²) in [5, 5.41) is 0.425. The Morgan fingerprint density at radius 1 is 0.971 bits per heavy atom. The minimum atomic E-state index is -0.561. The summed E-state index contributed by atoms with van der Waals surface area (Å²) in [5.74, 6) is -0.878. The first-order chi connectivity index (χ1) is 16.1. The van der Waals surface area contributed by atoms with Crippen molar-refractivity contribution < 1.29 is 14.3 Å². The molecule has 0 saturated heterocycles. The molecule has 2 heterocycles. The molecule has 0 saturated carbocycles. The molecule has 0 bridgehead atoms. The standard InChI is InChI=1S/C28H27ClN2O3/c1-16-11-12-22(13-17(16)2)30-18(3)14-21(19(30)4)15-23-26(28(33)34-6)20(5)31(27(23)32)25-10-8-7-9-24(25)29/h7-15H,1-6H3/b23-15-. The van der Waals surface area contributed by atoms with E-state index in [9.17, 15) is 9.59 Å². The molecule has 1 aliphatic heterocycles. The molecular weight excluding hydrogens is 448 g/mol. The zero-order valence-corrected chi connectivity index (χ0v) is 20.9. The Morgan fingerprint density at radius 2 is 1.68 bits per heavy atom. The molecule has 6 heteroatoms. The minimum absolute atomic E-state index is 0.239. The van der Waals surface area contributed by atoms with Gasteiger partial charge in [0.25, 0.3) is 5.91 Å². The number of benzene rings is 2. The molecule has 0 unspecified atom stereocenters. The van der Waals surface area contributed by atoms with E-state index in [1.165, 1.54) is 23.1 Å². The average molecular weight is 475 g/mol. The molecule has 0 atom stereocenters. The van der Waals surface area contributed by atoms with Gasteiger partial charge in [0.15, 0.2) is 0 Å². The van der Waals surface area contributed by atoms with Crippen molar-refractivity contribution in [2.45, 2.75) is 34.6 Å². The number of carbonyl (C=O) groups excluding carboxylic acids is 2. The van der Waals surface area contributed by atoms with Gasteiger partial charge in [0.1, 0.15) is 0 Å². The number of methoxy groups -OCH3 is 1. The fourth-order valence-electron chi connectivity index (χ4n) is 4.45. The van der Waals surface area contributed by atoms with Gasteiger partial charge >= 0.3 is 5.97 Å². The van der Waals surface area contributed by atoms with Gasteiger partial charge in [0.2, 0.25) is 0 Å². The Balaban J connectivity index is 1.86. The van der Waals surface area contributed by atoms with Gasteiger partial charge in [-0.2, -0.15) is 0 Å². The van der Waals surface area contributed by atoms with Crippen molar-refractivity contribution in [1.29, 1.82) is 0 Å². The van der Waals surface area contributed by atoms with E-state index in [1.807, 2.05) is 19.9 Å². The molecule has 1 amide bonds. The lowest BCUT2D eigenvalue weighted by Crippen LogP contribution is -2.24. The summed E-state index contributed by atoms with van der Waals surface area (Å²) in [4.78, 5) is 27.8. The van der Waals surface area contributed by atoms with Crippen molar-refractivity contribution >= 4 is 35.2 Å². The summed E-state index contributed by atoms with van der Waals surface area (Å²) in [5.41, 5.74) is 7.88. The fourth-order valence-corrected chi connectivity index (χ4v) is 4.67. The SMILES string of the molecule is COC(=O)C1=C(C)N(c2ccccc2Cl)C(=O)/C1=C\c1cc(C)n(-c2ccc(C)c(C)c2)c1C. The van der Waals surface area contributed by atoms with Gasteiger partial charge in [-0.1, -0.05) is 29.8 Å². The van der Waals surface area contributed by atoms with Crippen LogP contribution in [0.5, 0.6) is 0 Å². The summed E-state index contributed by atoms with van der Waals surface area (Å²) in [6.07, 6.45) is 1.77. The van der Waals surface area contributed by atoms with Crippen LogP contribution in [0.3, 0.4) is 0 Å². The van der Waals surface area contributed by atoms with Crippen LogP contribution in [0.15, 0.2) is 65.4 Å². The summed E-state index contributed by atoms with van der Waals surface area (Å²) >= 11 is 6.39. The number of nitrogens with zero attached hydrogens (tertiary/aromatic N) is 2. The van der Waals surface area contributed by atoms with E-state index in [-0.39, 0.29) is 17.1 Å². The molecule has 0 aliphatic carbocycles. The van der Waals surface area contributed by atoms with Gasteiger partial charge in [-0.25, -0.2) is 4.79 Å². The van der Waals surface area contributed by atoms with Crippen molar-refractivity contribution in [3.63, 3.8) is 0 Å². The van der Waals surface area contributed by atoms with E-state index < -0.39 is 5.97 Å². The number of aromatic nitrogens is 1. The van der Waals surface area contributed by atoms with E-state index >= 15 is 0 Å². The molecular formula is C28H27ClN2O3. The fraction of sp³-hybridized carbons (Fsp3) is 0.214. The Labute approximate surface area is 204 Å². The Bertz CT molecular complexity index is 1390. The number of allylic oxidation sites excluding steroid dienone is 1. The van der Waals surface area contributed by atoms with Crippen LogP contribution >= 0.6 is 11.6 Å². The Hall–Kier alpha value is -3.57. The smallest absolute Gasteiger partial charge is 0.340 e. The lowest BCUT2D eigenvalue weighted by molar-refractivity contribution is -0.136. The number of ether oxygens (including phenoxy) is 1. The summed E-state index contributed by atoms with van der Waals surface area (Å²) in [7, 11) is 1.31. The average Bonchev–Trinajstić information content (AvgIpc) is 3.22. The number of halogens is 1. The Morgan fingerprint density at radius 3 is 2.32 bits per heavy atom. The first kappa shape index (κ1) is 23.6. The number of hydrogen-bond acceptors (Lipinski definition) is 3. The van der Waals surface area contributed by atoms with Gasteiger partial charge < -0.3 is 9.30 Å². The van der Waals surface area contributed by atoms with Crippen LogP contribution < -0.4 is 4.90 Å². The van der Waals surface area contributed by atoms with Crippen molar-refractivity contribution in [2.75, 3.05) is 12.0 Å². The Kier molecular flexibility index (Phi) is 6.24. The van der Waals surface area contributed by atoms with Crippen LogP contribution in [0.4, 0.5) is 5.69 Å². The highest BCUT2D eigenvalue weighted by Gasteiger charge is 2.38. The molecule has 0 fully saturated rings. The van der Waals surface area contributed by atoms with Gasteiger partial charge in [-0.15, -0.1) is 0 Å². The second-order valence-electron chi connectivity index (χ2n) is 8.53. The molecule has 0 radical (unpaired) electrons. The third kappa shape index (κ3) is 3.86. The lowest BCUT2D eigenvalue weighted by Gasteiger charge is -2.19. The third-order valence-corrected chi connectivity index (χ3v) is 6.72. The molecule has 0 N–H and O–H groups in total. The van der Waals surface area contributed by atoms with Crippen LogP contribution in [0.1, 0.15) is 35.0 Å². The van der Waals surface area contributed by atoms with Gasteiger partial charge in [-0.3, -0.25) is 9.69 Å². The first-order valence-corrected chi connectivity index (χ1v) is 11.4. The largest absolute Gasteiger partial charge is 0.465 e. The van der Waals surface area contributed by atoms with Crippen LogP contribution in [0.2, 0.25) is 5.02 Å². The van der Waals surface area contributed by atoms with E-state index in [4.69, 9.17) is 16.3 Å². The quantitative estimate of drug-likeness (QED) is 0.332. The second-order valence-corrected chi connectivity index (χ2v) is 8.94. The molecule has 2 aromatic carbocycles. The first-order valence-electron chi connectivity index (χ1n) is 11.0. The highest BCUT2D eigenvalue weighted by molar-refractivity contribution is 6.35. The van der Waals surface area contributed by atoms with Crippen molar-refractivity contribution in [3.05, 3.63) is 98.5 Å². The topological polar surface area (TPSA) is 51.5 Å². The van der Waals surface area contributed by atoms with Gasteiger partial charge in [-0.05, 0) is 87.7 Å². The van der Waals surface area contributed by atoms with Crippen molar-refractivity contribution in [3.8, 4) is 5.69 Å². The number of anilines is 1. The number of para-hydroxylation sites is 1. The molecule has 0 spiro atoms. The van der Waals surface area contributed by atoms with E-state index in [0.717, 1.165) is 22.6 Å². The van der Waals surface area contributed by atoms with Crippen LogP contribution in [-0.4, -0.2) is 23.6 Å². The predicted octanol–water partition coefficient (Wildman–Crippen LogP) is 6.24. The normalized spacial score (nSPS) is 15.0. The molecule has 34 heavy (non-hydrogen) atoms. The van der Waals surface area contributed by atoms with Crippen molar-refractivity contribution in [2.24, 2.45) is 0 Å². The monoisotopic (exact) mass is 474 g/mol. The minimum Gasteiger partial charge on any atom is -0.465 e. The maximum absolute atomic E-state index is 13.6. The maximum Gasteiger partial charge on any atom is 0.340 e. The third-order valence-electron chi connectivity index (χ3n) is 6.40. The van der Waals surface area contributed by atoms with E-state index in [1.54, 1.807) is 37.3 Å². The second kappa shape index (κ2) is 8.99. The number of amides is 1. The molecule has 1 aliphatic rings. The molecule has 5 nitrogen and oxygen atoms in total. The molecule has 174 valence electrons. The lowest BCUT2D eigenvalue weighted by atomic mass is 10.0. The summed E-state index contributed by atoms with van der Waals surface area (Å²) < 4.78 is 7.18. The number of esters is 1. The van der Waals surface area contributed by atoms with E-state index in [0.29, 0.717) is 16.4 Å². The van der Waals surface area contributed by atoms with Gasteiger partial charge in [0, 0.05) is 22.8 Å². The predicted molar refractivity (Wildman–Crippen MR) is 136 cm³/mol. The van der Waals surface area contributed by atoms with Crippen LogP contribution in [0.25, 0.3) is 11.8 Å². The zero-order chi connectivity index (χ0) is 24.7. The molecule has 3 aromatic rings. The summed E-state index contributed by atoms with van der Waals surface area (Å²) in [6, 6.07) is 15.4. The number of aryl methyl sites for hydroxylation is 3. The number of hydrogen-bond donors (Lipinski definition) is 0. The van der Waals surface area contributed by atoms with Crippen LogP contribution in [0, 0.1) is 27.7 Å². The van der Waals surface area contributed by atoms with Crippen molar-refractivity contribution in [1.82, 2.24) is 4.57 Å². The van der Waals surface area contributed by atoms with Crippen LogP contribution in [-0.2, 0) is 14.3 Å². The highest BCUT2D eigenvalue weighted by Crippen LogP contribution is 2.39. The number of rotatable bonds is 4. The zero-order valence-electron chi connectivity index (χ0n) is 20.2. The summed E-state index contributed by atoms with van der Waals surface area (Å²) in [6.45, 7) is 9.94. The maximum atomic E-state index is 13.6. The highest BCUT2D eigenvalue weighted by atomic mass is 35.5. The van der Waals surface area contributed by atoms with E-state index in [2.05, 4.69) is 36.6 Å². The number of carbonyl (C=O) groups is 2.